The Hall–Kier alpha value is -2.31. The zero-order chi connectivity index (χ0) is 21.5. The van der Waals surface area contributed by atoms with Gasteiger partial charge in [-0.05, 0) is 38.3 Å². The van der Waals surface area contributed by atoms with Crippen LogP contribution in [0.5, 0.6) is 5.75 Å². The molecule has 2 rings (SSSR count). The minimum atomic E-state index is -4.76. The monoisotopic (exact) mass is 451 g/mol. The van der Waals surface area contributed by atoms with Crippen LogP contribution in [0.25, 0.3) is 0 Å². The van der Waals surface area contributed by atoms with E-state index < -0.39 is 14.2 Å². The normalized spacial score (nSPS) is 12.4. The molecule has 0 aromatic heterocycles. The second-order valence-electron chi connectivity index (χ2n) is 6.49. The third kappa shape index (κ3) is 7.02. The number of amides is 1. The van der Waals surface area contributed by atoms with E-state index in [1.165, 1.54) is 31.2 Å². The number of hydrogen-bond donors (Lipinski definition) is 4. The van der Waals surface area contributed by atoms with Gasteiger partial charge in [-0.2, -0.15) is 0 Å². The first kappa shape index (κ1) is 23.7. The number of carbonyl (C=O) groups excluding carboxylic acids is 1. The van der Waals surface area contributed by atoms with Gasteiger partial charge in [0.05, 0.1) is 0 Å². The summed E-state index contributed by atoms with van der Waals surface area (Å²) in [6, 6.07) is 9.47. The van der Waals surface area contributed by atoms with Crippen molar-refractivity contribution in [1.82, 2.24) is 0 Å². The van der Waals surface area contributed by atoms with E-state index >= 15 is 0 Å². The van der Waals surface area contributed by atoms with E-state index in [2.05, 4.69) is 15.8 Å². The maximum absolute atomic E-state index is 11.2. The van der Waals surface area contributed by atoms with Crippen LogP contribution >= 0.6 is 0 Å². The Bertz CT molecular complexity index is 892. The molecule has 0 bridgehead atoms. The quantitative estimate of drug-likeness (QED) is 0.241. The van der Waals surface area contributed by atoms with E-state index in [1.54, 1.807) is 0 Å². The van der Waals surface area contributed by atoms with Crippen molar-refractivity contribution in [3.05, 3.63) is 65.2 Å². The molecule has 0 saturated carbocycles. The Kier molecular flexibility index (Phi) is 8.72. The van der Waals surface area contributed by atoms with Gasteiger partial charge in [-0.1, -0.05) is 24.3 Å². The van der Waals surface area contributed by atoms with Gasteiger partial charge in [-0.15, -0.1) is 0 Å². The van der Waals surface area contributed by atoms with Gasteiger partial charge in [0.25, 0.3) is 0 Å². The van der Waals surface area contributed by atoms with E-state index in [-0.39, 0.29) is 10.3 Å². The second-order valence-corrected chi connectivity index (χ2v) is 10.1. The molecule has 0 fully saturated rings. The molecule has 2 aromatic rings. The van der Waals surface area contributed by atoms with Crippen molar-refractivity contribution >= 4 is 30.1 Å². The number of benzene rings is 2. The zero-order valence-electron chi connectivity index (χ0n) is 16.4. The van der Waals surface area contributed by atoms with Gasteiger partial charge in [0, 0.05) is 5.56 Å². The van der Waals surface area contributed by atoms with Crippen LogP contribution in [0.4, 0.5) is 5.69 Å². The van der Waals surface area contributed by atoms with Gasteiger partial charge in [0.15, 0.2) is 0 Å². The summed E-state index contributed by atoms with van der Waals surface area (Å²) in [6.45, 7) is 11.1. The van der Waals surface area contributed by atoms with Crippen molar-refractivity contribution in [2.24, 2.45) is 0 Å². The molecule has 0 aliphatic rings. The average molecular weight is 451 g/mol. The van der Waals surface area contributed by atoms with E-state index in [1.807, 2.05) is 32.9 Å². The van der Waals surface area contributed by atoms with Crippen molar-refractivity contribution in [2.75, 3.05) is 5.32 Å². The third-order valence-electron chi connectivity index (χ3n) is 3.82. The molecule has 7 nitrogen and oxygen atoms in total. The van der Waals surface area contributed by atoms with Gasteiger partial charge in [-0.25, -0.2) is 0 Å². The molecule has 0 aliphatic carbocycles. The average Bonchev–Trinajstić information content (AvgIpc) is 2.62. The van der Waals surface area contributed by atoms with Crippen LogP contribution in [-0.4, -0.2) is 34.5 Å². The minimum absolute atomic E-state index is 0.00438. The summed E-state index contributed by atoms with van der Waals surface area (Å²) in [4.78, 5) is 10.7. The van der Waals surface area contributed by atoms with Crippen molar-refractivity contribution in [3.8, 4) is 5.75 Å². The number of anilines is 1. The van der Waals surface area contributed by atoms with Gasteiger partial charge in [0.2, 0.25) is 0 Å². The summed E-state index contributed by atoms with van der Waals surface area (Å²) in [5.74, 6) is 0.182. The summed E-state index contributed by atoms with van der Waals surface area (Å²) < 4.78 is 23.8. The van der Waals surface area contributed by atoms with Crippen LogP contribution in [0.15, 0.2) is 48.6 Å². The van der Waals surface area contributed by atoms with Crippen molar-refractivity contribution in [2.45, 2.75) is 34.1 Å². The predicted octanol–water partition coefficient (Wildman–Crippen LogP) is 2.83. The number of phenols is 1. The van der Waals surface area contributed by atoms with E-state index in [0.29, 0.717) is 11.4 Å². The van der Waals surface area contributed by atoms with Crippen LogP contribution in [0.3, 0.4) is 0 Å². The Balaban J connectivity index is 0.000000283. The number of nitrogens with one attached hydrogen (secondary N) is 1. The van der Waals surface area contributed by atoms with Crippen LogP contribution in [0, 0.1) is 13.8 Å². The fourth-order valence-electron chi connectivity index (χ4n) is 2.36. The SMILES string of the molecule is C=C(C)Cc1c(C)ccc(C)c1O.CC(=O)Nc1ccc([As](=O)(O)OO)cc1. The molecule has 0 heterocycles. The molecular formula is C20H26AsNO6. The van der Waals surface area contributed by atoms with Crippen molar-refractivity contribution < 1.29 is 26.9 Å². The molecule has 0 spiro atoms. The number of hydrogen-bond acceptors (Lipinski definition) is 5. The first-order valence-electron chi connectivity index (χ1n) is 8.44. The number of aryl methyl sites for hydroxylation is 2. The summed E-state index contributed by atoms with van der Waals surface area (Å²) in [5, 5.41) is 20.5. The van der Waals surface area contributed by atoms with Crippen LogP contribution in [-0.2, 0) is 18.8 Å². The fraction of sp³-hybridized carbons (Fsp3) is 0.250. The number of rotatable bonds is 5. The summed E-state index contributed by atoms with van der Waals surface area (Å²) in [7, 11) is 0. The third-order valence-corrected chi connectivity index (χ3v) is 6.28. The second kappa shape index (κ2) is 10.3. The Morgan fingerprint density at radius 2 is 1.64 bits per heavy atom. The van der Waals surface area contributed by atoms with Gasteiger partial charge >= 0.3 is 88.4 Å². The molecule has 0 saturated heterocycles. The topological polar surface area (TPSA) is 116 Å². The molecule has 28 heavy (non-hydrogen) atoms. The molecule has 4 N–H and O–H groups in total. The molecule has 8 heteroatoms. The van der Waals surface area contributed by atoms with Crippen molar-refractivity contribution in [3.63, 3.8) is 0 Å². The molecule has 1 unspecified atom stereocenters. The molecule has 0 radical (unpaired) electrons. The Morgan fingerprint density at radius 1 is 1.11 bits per heavy atom. The van der Waals surface area contributed by atoms with E-state index in [9.17, 15) is 13.6 Å². The summed E-state index contributed by atoms with van der Waals surface area (Å²) in [6.07, 6.45) is 0.763. The Morgan fingerprint density at radius 3 is 2.11 bits per heavy atom. The summed E-state index contributed by atoms with van der Waals surface area (Å²) >= 11 is -4.76. The standard InChI is InChI=1S/C12H16O.C8H10AsNO5/c1-8(2)7-11-9(3)5-6-10(4)12(11)13;1-6(11)10-8-4-2-7(3-5-8)9(12,13)15-14/h5-6,13H,1,7H2,2-4H3;2-5,14H,1H3,(H,10,11)(H,12,13). The number of phenolic OH excluding ortho intramolecular Hbond substituents is 1. The van der Waals surface area contributed by atoms with Crippen LogP contribution < -0.4 is 9.67 Å². The van der Waals surface area contributed by atoms with E-state index in [0.717, 1.165) is 28.7 Å². The molecular weight excluding hydrogens is 425 g/mol. The number of allylic oxidation sites excluding steroid dienone is 1. The van der Waals surface area contributed by atoms with Gasteiger partial charge < -0.3 is 5.11 Å². The van der Waals surface area contributed by atoms with E-state index in [4.69, 9.17) is 9.35 Å². The first-order valence-corrected chi connectivity index (χ1v) is 11.8. The number of carbonyl (C=O) groups is 1. The molecule has 152 valence electrons. The van der Waals surface area contributed by atoms with Crippen molar-refractivity contribution in [1.29, 1.82) is 0 Å². The molecule has 1 atom stereocenters. The van der Waals surface area contributed by atoms with Gasteiger partial charge in [0.1, 0.15) is 5.75 Å². The number of aromatic hydroxyl groups is 1. The first-order chi connectivity index (χ1) is 13.0. The van der Waals surface area contributed by atoms with Gasteiger partial charge in [-0.3, -0.25) is 0 Å². The molecule has 0 aliphatic heterocycles. The molecule has 1 amide bonds. The Labute approximate surface area is 167 Å². The zero-order valence-corrected chi connectivity index (χ0v) is 18.3. The maximum atomic E-state index is 11.2. The van der Waals surface area contributed by atoms with Crippen LogP contribution in [0.1, 0.15) is 30.5 Å². The predicted molar refractivity (Wildman–Crippen MR) is 109 cm³/mol. The fourth-order valence-corrected chi connectivity index (χ4v) is 3.66. The van der Waals surface area contributed by atoms with Crippen LogP contribution in [0.2, 0.25) is 0 Å². The molecule has 2 aromatic carbocycles. The summed E-state index contributed by atoms with van der Waals surface area (Å²) in [5.41, 5.74) is 4.64.